The van der Waals surface area contributed by atoms with Gasteiger partial charge in [0.2, 0.25) is 0 Å². The Kier molecular flexibility index (Phi) is 4.71. The maximum atomic E-state index is 13.7. The monoisotopic (exact) mass is 263 g/mol. The molecular formula is C15H18FNO2. The summed E-state index contributed by atoms with van der Waals surface area (Å²) in [5.41, 5.74) is 6.14. The van der Waals surface area contributed by atoms with Gasteiger partial charge in [-0.25, -0.2) is 4.39 Å². The molecule has 0 aliphatic heterocycles. The SMILES string of the molecule is NCC(c1ccccc1F)C(O)CCc1ccco1. The summed E-state index contributed by atoms with van der Waals surface area (Å²) >= 11 is 0. The zero-order valence-corrected chi connectivity index (χ0v) is 10.6. The van der Waals surface area contributed by atoms with Crippen molar-refractivity contribution in [2.45, 2.75) is 24.9 Å². The lowest BCUT2D eigenvalue weighted by atomic mass is 9.90. The lowest BCUT2D eigenvalue weighted by Gasteiger charge is -2.22. The maximum Gasteiger partial charge on any atom is 0.126 e. The number of nitrogens with two attached hydrogens (primary N) is 1. The molecular weight excluding hydrogens is 245 g/mol. The normalized spacial score (nSPS) is 14.3. The van der Waals surface area contributed by atoms with Crippen molar-refractivity contribution >= 4 is 0 Å². The minimum absolute atomic E-state index is 0.209. The van der Waals surface area contributed by atoms with E-state index in [1.807, 2.05) is 6.07 Å². The Balaban J connectivity index is 2.03. The van der Waals surface area contributed by atoms with E-state index in [1.54, 1.807) is 30.5 Å². The van der Waals surface area contributed by atoms with Crippen LogP contribution in [0.15, 0.2) is 47.1 Å². The summed E-state index contributed by atoms with van der Waals surface area (Å²) in [6.45, 7) is 0.209. The van der Waals surface area contributed by atoms with Crippen molar-refractivity contribution in [2.75, 3.05) is 6.54 Å². The Morgan fingerprint density at radius 2 is 2.00 bits per heavy atom. The molecule has 0 radical (unpaired) electrons. The summed E-state index contributed by atoms with van der Waals surface area (Å²) in [5.74, 6) is 0.0921. The first-order chi connectivity index (χ1) is 9.22. The van der Waals surface area contributed by atoms with E-state index in [1.165, 1.54) is 6.07 Å². The quantitative estimate of drug-likeness (QED) is 0.841. The molecule has 0 bridgehead atoms. The average Bonchev–Trinajstić information content (AvgIpc) is 2.92. The average molecular weight is 263 g/mol. The van der Waals surface area contributed by atoms with Crippen LogP contribution in [-0.4, -0.2) is 17.8 Å². The highest BCUT2D eigenvalue weighted by molar-refractivity contribution is 5.23. The zero-order valence-electron chi connectivity index (χ0n) is 10.6. The molecule has 4 heteroatoms. The molecule has 19 heavy (non-hydrogen) atoms. The topological polar surface area (TPSA) is 59.4 Å². The summed E-state index contributed by atoms with van der Waals surface area (Å²) in [6, 6.07) is 10.1. The van der Waals surface area contributed by atoms with E-state index in [0.29, 0.717) is 18.4 Å². The van der Waals surface area contributed by atoms with E-state index in [0.717, 1.165) is 5.76 Å². The summed E-state index contributed by atoms with van der Waals surface area (Å²) < 4.78 is 18.9. The van der Waals surface area contributed by atoms with E-state index >= 15 is 0 Å². The molecule has 2 atom stereocenters. The highest BCUT2D eigenvalue weighted by Crippen LogP contribution is 2.24. The number of aliphatic hydroxyl groups excluding tert-OH is 1. The smallest absolute Gasteiger partial charge is 0.126 e. The van der Waals surface area contributed by atoms with Gasteiger partial charge in [-0.2, -0.15) is 0 Å². The Morgan fingerprint density at radius 1 is 1.21 bits per heavy atom. The number of aryl methyl sites for hydroxylation is 1. The number of hydrogen-bond acceptors (Lipinski definition) is 3. The minimum atomic E-state index is -0.688. The molecule has 0 aliphatic rings. The third kappa shape index (κ3) is 3.43. The van der Waals surface area contributed by atoms with Crippen molar-refractivity contribution in [2.24, 2.45) is 5.73 Å². The first kappa shape index (κ1) is 13.8. The second-order valence-corrected chi connectivity index (χ2v) is 4.55. The Labute approximate surface area is 111 Å². The van der Waals surface area contributed by atoms with Gasteiger partial charge in [-0.3, -0.25) is 0 Å². The summed E-state index contributed by atoms with van der Waals surface area (Å²) in [6.07, 6.45) is 2.01. The Morgan fingerprint density at radius 3 is 2.63 bits per heavy atom. The van der Waals surface area contributed by atoms with Crippen molar-refractivity contribution in [3.63, 3.8) is 0 Å². The van der Waals surface area contributed by atoms with Crippen LogP contribution in [0.5, 0.6) is 0 Å². The molecule has 1 aromatic carbocycles. The van der Waals surface area contributed by atoms with E-state index in [2.05, 4.69) is 0 Å². The summed E-state index contributed by atoms with van der Waals surface area (Å²) in [5, 5.41) is 10.2. The molecule has 3 nitrogen and oxygen atoms in total. The van der Waals surface area contributed by atoms with E-state index in [-0.39, 0.29) is 12.4 Å². The molecule has 1 heterocycles. The number of halogens is 1. The van der Waals surface area contributed by atoms with Crippen LogP contribution in [0, 0.1) is 5.82 Å². The lowest BCUT2D eigenvalue weighted by Crippen LogP contribution is -2.27. The first-order valence-corrected chi connectivity index (χ1v) is 6.37. The minimum Gasteiger partial charge on any atom is -0.469 e. The number of rotatable bonds is 6. The summed E-state index contributed by atoms with van der Waals surface area (Å²) in [4.78, 5) is 0. The molecule has 2 aromatic rings. The van der Waals surface area contributed by atoms with Crippen LogP contribution in [0.2, 0.25) is 0 Å². The van der Waals surface area contributed by atoms with Crippen LogP contribution >= 0.6 is 0 Å². The van der Waals surface area contributed by atoms with Gasteiger partial charge in [-0.15, -0.1) is 0 Å². The number of aliphatic hydroxyl groups is 1. The highest BCUT2D eigenvalue weighted by atomic mass is 19.1. The standard InChI is InChI=1S/C15H18FNO2/c16-14-6-2-1-5-12(14)13(10-17)15(18)8-7-11-4-3-9-19-11/h1-6,9,13,15,18H,7-8,10,17H2. The van der Waals surface area contributed by atoms with Crippen LogP contribution in [0.4, 0.5) is 4.39 Å². The predicted molar refractivity (Wildman–Crippen MR) is 71.2 cm³/mol. The van der Waals surface area contributed by atoms with Gasteiger partial charge in [0.15, 0.2) is 0 Å². The molecule has 0 fully saturated rings. The van der Waals surface area contributed by atoms with Crippen molar-refractivity contribution in [3.8, 4) is 0 Å². The first-order valence-electron chi connectivity index (χ1n) is 6.37. The molecule has 0 saturated carbocycles. The molecule has 2 unspecified atom stereocenters. The second-order valence-electron chi connectivity index (χ2n) is 4.55. The molecule has 0 aliphatic carbocycles. The second kappa shape index (κ2) is 6.50. The largest absolute Gasteiger partial charge is 0.469 e. The predicted octanol–water partition coefficient (Wildman–Crippen LogP) is 2.45. The van der Waals surface area contributed by atoms with Gasteiger partial charge < -0.3 is 15.3 Å². The number of hydrogen-bond donors (Lipinski definition) is 2. The van der Waals surface area contributed by atoms with Gasteiger partial charge in [-0.05, 0) is 30.2 Å². The fraction of sp³-hybridized carbons (Fsp3) is 0.333. The fourth-order valence-electron chi connectivity index (χ4n) is 2.21. The van der Waals surface area contributed by atoms with Crippen molar-refractivity contribution in [1.29, 1.82) is 0 Å². The van der Waals surface area contributed by atoms with Crippen LogP contribution < -0.4 is 5.73 Å². The molecule has 0 amide bonds. The lowest BCUT2D eigenvalue weighted by molar-refractivity contribution is 0.132. The van der Waals surface area contributed by atoms with E-state index < -0.39 is 12.0 Å². The number of furan rings is 1. The fourth-order valence-corrected chi connectivity index (χ4v) is 2.21. The van der Waals surface area contributed by atoms with Crippen molar-refractivity contribution < 1.29 is 13.9 Å². The van der Waals surface area contributed by atoms with Crippen molar-refractivity contribution in [3.05, 3.63) is 59.8 Å². The van der Waals surface area contributed by atoms with Gasteiger partial charge in [0.25, 0.3) is 0 Å². The molecule has 2 rings (SSSR count). The van der Waals surface area contributed by atoms with Gasteiger partial charge in [-0.1, -0.05) is 18.2 Å². The van der Waals surface area contributed by atoms with E-state index in [4.69, 9.17) is 10.2 Å². The van der Waals surface area contributed by atoms with Gasteiger partial charge in [0.1, 0.15) is 11.6 Å². The van der Waals surface area contributed by atoms with Gasteiger partial charge >= 0.3 is 0 Å². The zero-order chi connectivity index (χ0) is 13.7. The van der Waals surface area contributed by atoms with Crippen molar-refractivity contribution in [1.82, 2.24) is 0 Å². The Hall–Kier alpha value is -1.65. The molecule has 0 saturated heterocycles. The van der Waals surface area contributed by atoms with Gasteiger partial charge in [0.05, 0.1) is 12.4 Å². The van der Waals surface area contributed by atoms with Crippen LogP contribution in [0.25, 0.3) is 0 Å². The molecule has 1 aromatic heterocycles. The highest BCUT2D eigenvalue weighted by Gasteiger charge is 2.22. The third-order valence-corrected chi connectivity index (χ3v) is 3.29. The molecule has 102 valence electrons. The van der Waals surface area contributed by atoms with Crippen LogP contribution in [0.3, 0.4) is 0 Å². The van der Waals surface area contributed by atoms with E-state index in [9.17, 15) is 9.50 Å². The molecule has 0 spiro atoms. The maximum absolute atomic E-state index is 13.7. The van der Waals surface area contributed by atoms with Crippen LogP contribution in [-0.2, 0) is 6.42 Å². The molecule has 3 N–H and O–H groups in total. The Bertz CT molecular complexity index is 499. The number of benzene rings is 1. The van der Waals surface area contributed by atoms with Gasteiger partial charge in [0, 0.05) is 18.9 Å². The van der Waals surface area contributed by atoms with Crippen LogP contribution in [0.1, 0.15) is 23.7 Å². The summed E-state index contributed by atoms with van der Waals surface area (Å²) in [7, 11) is 0. The third-order valence-electron chi connectivity index (χ3n) is 3.29.